The van der Waals surface area contributed by atoms with E-state index in [0.717, 1.165) is 11.3 Å². The van der Waals surface area contributed by atoms with Crippen LogP contribution in [0.4, 0.5) is 0 Å². The van der Waals surface area contributed by atoms with Gasteiger partial charge in [-0.3, -0.25) is 9.59 Å². The highest BCUT2D eigenvalue weighted by atomic mass is 32.2. The number of rotatable bonds is 4. The Kier molecular flexibility index (Phi) is 4.93. The van der Waals surface area contributed by atoms with Crippen molar-refractivity contribution in [1.82, 2.24) is 14.5 Å². The van der Waals surface area contributed by atoms with Gasteiger partial charge in [0, 0.05) is 37.5 Å². The summed E-state index contributed by atoms with van der Waals surface area (Å²) in [6.07, 6.45) is 1.71. The molecule has 1 atom stereocenters. The number of sulfonamides is 1. The van der Waals surface area contributed by atoms with Crippen LogP contribution in [0.2, 0.25) is 0 Å². The average Bonchev–Trinajstić information content (AvgIpc) is 3.23. The Hall–Kier alpha value is -1.45. The second kappa shape index (κ2) is 6.81. The number of aryl methyl sites for hydroxylation is 1. The SMILES string of the molecule is CCc1ccc(S(=O)(=O)N2CCN(C(=O)C3CCC(=O)N3)CC2)s1. The molecule has 0 saturated carbocycles. The quantitative estimate of drug-likeness (QED) is 0.831. The van der Waals surface area contributed by atoms with Gasteiger partial charge in [0.1, 0.15) is 10.3 Å². The lowest BCUT2D eigenvalue weighted by molar-refractivity contribution is -0.135. The van der Waals surface area contributed by atoms with Crippen LogP contribution in [0.25, 0.3) is 0 Å². The van der Waals surface area contributed by atoms with Gasteiger partial charge in [0.25, 0.3) is 10.0 Å². The fourth-order valence-electron chi connectivity index (χ4n) is 2.98. The summed E-state index contributed by atoms with van der Waals surface area (Å²) in [6.45, 7) is 3.28. The molecule has 1 aromatic heterocycles. The standard InChI is InChI=1S/C15H21N3O4S2/c1-2-11-3-6-14(23-11)24(21,22)18-9-7-17(8-10-18)15(20)12-4-5-13(19)16-12/h3,6,12H,2,4-5,7-10H2,1H3,(H,16,19). The fraction of sp³-hybridized carbons (Fsp3) is 0.600. The third kappa shape index (κ3) is 3.33. The van der Waals surface area contributed by atoms with E-state index < -0.39 is 16.1 Å². The molecule has 2 saturated heterocycles. The highest BCUT2D eigenvalue weighted by Crippen LogP contribution is 2.26. The first-order valence-electron chi connectivity index (χ1n) is 8.09. The number of nitrogens with zero attached hydrogens (tertiary/aromatic N) is 2. The molecule has 9 heteroatoms. The number of thiophene rings is 1. The lowest BCUT2D eigenvalue weighted by atomic mass is 10.2. The van der Waals surface area contributed by atoms with Crippen LogP contribution in [0.1, 0.15) is 24.6 Å². The van der Waals surface area contributed by atoms with Crippen LogP contribution < -0.4 is 5.32 Å². The maximum absolute atomic E-state index is 12.7. The van der Waals surface area contributed by atoms with Gasteiger partial charge in [0.05, 0.1) is 0 Å². The Bertz CT molecular complexity index is 736. The zero-order valence-corrected chi connectivity index (χ0v) is 15.2. The van der Waals surface area contributed by atoms with Crippen molar-refractivity contribution in [3.63, 3.8) is 0 Å². The maximum Gasteiger partial charge on any atom is 0.252 e. The molecule has 132 valence electrons. The van der Waals surface area contributed by atoms with E-state index in [1.165, 1.54) is 15.6 Å². The smallest absolute Gasteiger partial charge is 0.252 e. The van der Waals surface area contributed by atoms with E-state index in [1.54, 1.807) is 11.0 Å². The van der Waals surface area contributed by atoms with Gasteiger partial charge in [-0.15, -0.1) is 11.3 Å². The van der Waals surface area contributed by atoms with Crippen molar-refractivity contribution >= 4 is 33.2 Å². The largest absolute Gasteiger partial charge is 0.344 e. The Morgan fingerprint density at radius 1 is 1.29 bits per heavy atom. The molecule has 2 amide bonds. The zero-order chi connectivity index (χ0) is 17.3. The van der Waals surface area contributed by atoms with Crippen LogP contribution in [0.3, 0.4) is 0 Å². The van der Waals surface area contributed by atoms with Crippen LogP contribution in [0.15, 0.2) is 16.3 Å². The van der Waals surface area contributed by atoms with Crippen molar-refractivity contribution < 1.29 is 18.0 Å². The van der Waals surface area contributed by atoms with Gasteiger partial charge in [0.2, 0.25) is 11.8 Å². The molecular formula is C15H21N3O4S2. The van der Waals surface area contributed by atoms with Gasteiger partial charge in [-0.1, -0.05) is 6.92 Å². The number of nitrogens with one attached hydrogen (secondary N) is 1. The van der Waals surface area contributed by atoms with Gasteiger partial charge in [-0.25, -0.2) is 8.42 Å². The second-order valence-corrected chi connectivity index (χ2v) is 9.30. The molecule has 1 aromatic rings. The summed E-state index contributed by atoms with van der Waals surface area (Å²) in [5, 5.41) is 2.67. The Labute approximate surface area is 145 Å². The van der Waals surface area contributed by atoms with Gasteiger partial charge < -0.3 is 10.2 Å². The van der Waals surface area contributed by atoms with Gasteiger partial charge in [-0.2, -0.15) is 4.31 Å². The molecule has 0 radical (unpaired) electrons. The predicted octanol–water partition coefficient (Wildman–Crippen LogP) is 0.422. The van der Waals surface area contributed by atoms with E-state index >= 15 is 0 Å². The Morgan fingerprint density at radius 2 is 2.00 bits per heavy atom. The summed E-state index contributed by atoms with van der Waals surface area (Å²) in [5.41, 5.74) is 0. The molecule has 0 spiro atoms. The Morgan fingerprint density at radius 3 is 2.54 bits per heavy atom. The minimum absolute atomic E-state index is 0.0982. The molecule has 0 aliphatic carbocycles. The van der Waals surface area contributed by atoms with Crippen molar-refractivity contribution in [3.05, 3.63) is 17.0 Å². The van der Waals surface area contributed by atoms with Crippen LogP contribution in [0.5, 0.6) is 0 Å². The van der Waals surface area contributed by atoms with Crippen LogP contribution in [-0.2, 0) is 26.0 Å². The highest BCUT2D eigenvalue weighted by molar-refractivity contribution is 7.91. The summed E-state index contributed by atoms with van der Waals surface area (Å²) in [5.74, 6) is -0.207. The summed E-state index contributed by atoms with van der Waals surface area (Å²) >= 11 is 1.30. The molecule has 1 N–H and O–H groups in total. The van der Waals surface area contributed by atoms with Gasteiger partial charge in [0.15, 0.2) is 0 Å². The van der Waals surface area contributed by atoms with Gasteiger partial charge in [-0.05, 0) is 25.0 Å². The maximum atomic E-state index is 12.7. The van der Waals surface area contributed by atoms with E-state index in [2.05, 4.69) is 5.32 Å². The second-order valence-electron chi connectivity index (χ2n) is 5.96. The number of amides is 2. The molecule has 2 aliphatic heterocycles. The van der Waals surface area contributed by atoms with Gasteiger partial charge >= 0.3 is 0 Å². The predicted molar refractivity (Wildman–Crippen MR) is 90.2 cm³/mol. The summed E-state index contributed by atoms with van der Waals surface area (Å²) in [7, 11) is -3.48. The summed E-state index contributed by atoms with van der Waals surface area (Å²) in [6, 6.07) is 3.05. The lowest BCUT2D eigenvalue weighted by Gasteiger charge is -2.34. The molecule has 7 nitrogen and oxygen atoms in total. The molecule has 3 rings (SSSR count). The number of hydrogen-bond donors (Lipinski definition) is 1. The molecular weight excluding hydrogens is 350 g/mol. The van der Waals surface area contributed by atoms with E-state index in [-0.39, 0.29) is 24.9 Å². The topological polar surface area (TPSA) is 86.8 Å². The zero-order valence-electron chi connectivity index (χ0n) is 13.5. The number of hydrogen-bond acceptors (Lipinski definition) is 5. The fourth-order valence-corrected chi connectivity index (χ4v) is 5.85. The van der Waals surface area contributed by atoms with Crippen molar-refractivity contribution in [2.24, 2.45) is 0 Å². The van der Waals surface area contributed by atoms with Crippen LogP contribution in [-0.4, -0.2) is 61.7 Å². The Balaban J connectivity index is 1.62. The molecule has 0 bridgehead atoms. The number of piperazine rings is 1. The van der Waals surface area contributed by atoms with E-state index in [1.807, 2.05) is 13.0 Å². The van der Waals surface area contributed by atoms with Crippen molar-refractivity contribution in [3.8, 4) is 0 Å². The first kappa shape index (κ1) is 17.4. The molecule has 0 aromatic carbocycles. The van der Waals surface area contributed by atoms with Crippen LogP contribution in [0, 0.1) is 0 Å². The molecule has 3 heterocycles. The highest BCUT2D eigenvalue weighted by Gasteiger charge is 2.35. The van der Waals surface area contributed by atoms with E-state index in [4.69, 9.17) is 0 Å². The summed E-state index contributed by atoms with van der Waals surface area (Å²) in [4.78, 5) is 26.3. The molecule has 2 fully saturated rings. The monoisotopic (exact) mass is 371 g/mol. The van der Waals surface area contributed by atoms with Crippen molar-refractivity contribution in [2.75, 3.05) is 26.2 Å². The molecule has 24 heavy (non-hydrogen) atoms. The number of carbonyl (C=O) groups is 2. The van der Waals surface area contributed by atoms with E-state index in [0.29, 0.717) is 30.1 Å². The van der Waals surface area contributed by atoms with Crippen LogP contribution >= 0.6 is 11.3 Å². The third-order valence-corrected chi connectivity index (χ3v) is 8.02. The average molecular weight is 371 g/mol. The first-order valence-corrected chi connectivity index (χ1v) is 10.3. The number of carbonyl (C=O) groups excluding carboxylic acids is 2. The van der Waals surface area contributed by atoms with Crippen molar-refractivity contribution in [2.45, 2.75) is 36.4 Å². The van der Waals surface area contributed by atoms with E-state index in [9.17, 15) is 18.0 Å². The minimum atomic E-state index is -3.48. The third-order valence-electron chi connectivity index (χ3n) is 4.42. The first-order chi connectivity index (χ1) is 11.4. The minimum Gasteiger partial charge on any atom is -0.344 e. The summed E-state index contributed by atoms with van der Waals surface area (Å²) < 4.78 is 27.1. The molecule has 1 unspecified atom stereocenters. The molecule has 2 aliphatic rings. The lowest BCUT2D eigenvalue weighted by Crippen LogP contribution is -2.54. The van der Waals surface area contributed by atoms with Crippen molar-refractivity contribution in [1.29, 1.82) is 0 Å². The normalized spacial score (nSPS) is 22.6.